The van der Waals surface area contributed by atoms with E-state index in [2.05, 4.69) is 4.74 Å². The van der Waals surface area contributed by atoms with Gasteiger partial charge >= 0.3 is 12.1 Å². The number of hydrogen-bond acceptors (Lipinski definition) is 4. The first kappa shape index (κ1) is 19.7. The summed E-state index contributed by atoms with van der Waals surface area (Å²) in [6.07, 6.45) is -4.60. The van der Waals surface area contributed by atoms with Crippen LogP contribution in [0.4, 0.5) is 13.2 Å². The molecule has 0 bridgehead atoms. The van der Waals surface area contributed by atoms with Crippen molar-refractivity contribution < 1.29 is 31.1 Å². The number of halogens is 4. The molecule has 1 rings (SSSR count). The highest BCUT2D eigenvalue weighted by Crippen LogP contribution is 2.36. The third kappa shape index (κ3) is 4.82. The molecule has 0 fully saturated rings. The van der Waals surface area contributed by atoms with Crippen molar-refractivity contribution in [2.24, 2.45) is 0 Å². The average molecular weight is 374 g/mol. The van der Waals surface area contributed by atoms with Gasteiger partial charge in [-0.3, -0.25) is 4.79 Å². The number of carbonyl (C=O) groups excluding carboxylic acids is 1. The molecule has 0 unspecified atom stereocenters. The third-order valence-electron chi connectivity index (χ3n) is 2.87. The largest absolute Gasteiger partial charge is 0.468 e. The first-order valence-electron chi connectivity index (χ1n) is 6.47. The highest BCUT2D eigenvalue weighted by Gasteiger charge is 2.39. The molecule has 0 N–H and O–H groups in total. The van der Waals surface area contributed by atoms with E-state index in [0.717, 1.165) is 19.2 Å². The van der Waals surface area contributed by atoms with Crippen LogP contribution in [0, 0.1) is 0 Å². The number of methoxy groups -OCH3 is 1. The van der Waals surface area contributed by atoms with Crippen LogP contribution in [0.15, 0.2) is 23.1 Å². The number of hydrogen-bond donors (Lipinski definition) is 0. The average Bonchev–Trinajstić information content (AvgIpc) is 2.45. The maximum atomic E-state index is 13.1. The summed E-state index contributed by atoms with van der Waals surface area (Å²) in [6.45, 7) is 0.830. The summed E-state index contributed by atoms with van der Waals surface area (Å²) in [4.78, 5) is 10.4. The maximum Gasteiger partial charge on any atom is 0.417 e. The van der Waals surface area contributed by atoms with Crippen molar-refractivity contribution in [1.29, 1.82) is 0 Å². The zero-order valence-corrected chi connectivity index (χ0v) is 13.9. The lowest BCUT2D eigenvalue weighted by Crippen LogP contribution is -2.37. The second kappa shape index (κ2) is 7.50. The van der Waals surface area contributed by atoms with Crippen LogP contribution < -0.4 is 0 Å². The van der Waals surface area contributed by atoms with Gasteiger partial charge in [-0.1, -0.05) is 18.5 Å². The summed E-state index contributed by atoms with van der Waals surface area (Å²) in [5.41, 5.74) is -1.38. The Labute approximate surface area is 137 Å². The number of nitrogens with zero attached hydrogens (tertiary/aromatic N) is 1. The van der Waals surface area contributed by atoms with E-state index in [9.17, 15) is 26.4 Å². The van der Waals surface area contributed by atoms with Gasteiger partial charge in [0.15, 0.2) is 0 Å². The van der Waals surface area contributed by atoms with E-state index < -0.39 is 39.2 Å². The van der Waals surface area contributed by atoms with E-state index in [4.69, 9.17) is 11.6 Å². The number of carbonyl (C=O) groups is 1. The highest BCUT2D eigenvalue weighted by atomic mass is 35.5. The maximum absolute atomic E-state index is 13.1. The highest BCUT2D eigenvalue weighted by molar-refractivity contribution is 7.89. The Balaban J connectivity index is 3.43. The summed E-state index contributed by atoms with van der Waals surface area (Å²) in [7, 11) is -3.49. The molecule has 23 heavy (non-hydrogen) atoms. The molecule has 0 radical (unpaired) electrons. The van der Waals surface area contributed by atoms with Crippen LogP contribution in [0.1, 0.15) is 18.9 Å². The summed E-state index contributed by atoms with van der Waals surface area (Å²) < 4.78 is 69.4. The molecule has 130 valence electrons. The van der Waals surface area contributed by atoms with Gasteiger partial charge in [0.1, 0.15) is 6.54 Å². The van der Waals surface area contributed by atoms with Crippen LogP contribution in [0.3, 0.4) is 0 Å². The van der Waals surface area contributed by atoms with Crippen LogP contribution in [0.5, 0.6) is 0 Å². The van der Waals surface area contributed by atoms with Crippen molar-refractivity contribution in [3.8, 4) is 0 Å². The van der Waals surface area contributed by atoms with Gasteiger partial charge in [-0.05, 0) is 24.6 Å². The van der Waals surface area contributed by atoms with E-state index in [1.807, 2.05) is 0 Å². The normalized spacial score (nSPS) is 12.5. The molecule has 0 saturated carbocycles. The third-order valence-corrected chi connectivity index (χ3v) is 5.01. The minimum Gasteiger partial charge on any atom is -0.468 e. The van der Waals surface area contributed by atoms with Crippen LogP contribution in [0.25, 0.3) is 0 Å². The number of alkyl halides is 3. The summed E-state index contributed by atoms with van der Waals surface area (Å²) in [5.74, 6) is -0.871. The second-order valence-corrected chi connectivity index (χ2v) is 6.90. The first-order chi connectivity index (χ1) is 10.5. The molecule has 1 aromatic carbocycles. The topological polar surface area (TPSA) is 63.7 Å². The van der Waals surface area contributed by atoms with Gasteiger partial charge in [0.05, 0.1) is 17.6 Å². The molecule has 0 heterocycles. The lowest BCUT2D eigenvalue weighted by molar-refractivity contribution is -0.140. The molecule has 0 spiro atoms. The Morgan fingerprint density at radius 1 is 1.35 bits per heavy atom. The molecule has 0 aliphatic rings. The molecule has 0 saturated heterocycles. The molecule has 0 aliphatic heterocycles. The predicted molar refractivity (Wildman–Crippen MR) is 77.5 cm³/mol. The van der Waals surface area contributed by atoms with Crippen LogP contribution >= 0.6 is 11.6 Å². The van der Waals surface area contributed by atoms with Crippen molar-refractivity contribution in [3.63, 3.8) is 0 Å². The fourth-order valence-electron chi connectivity index (χ4n) is 1.83. The number of sulfonamides is 1. The molecular formula is C13H15ClF3NO4S. The number of ether oxygens (including phenoxy) is 1. The number of rotatable bonds is 6. The van der Waals surface area contributed by atoms with E-state index in [1.54, 1.807) is 6.92 Å². The standard InChI is InChI=1S/C13H15ClF3NO4S/c1-3-6-18(8-12(19)22-2)23(20,21)11-5-4-9(14)7-10(11)13(15,16)17/h4-5,7H,3,6,8H2,1-2H3. The van der Waals surface area contributed by atoms with Crippen molar-refractivity contribution in [2.75, 3.05) is 20.2 Å². The van der Waals surface area contributed by atoms with Crippen molar-refractivity contribution in [3.05, 3.63) is 28.8 Å². The Kier molecular flexibility index (Phi) is 6.43. The minimum atomic E-state index is -4.91. The monoisotopic (exact) mass is 373 g/mol. The van der Waals surface area contributed by atoms with E-state index in [1.165, 1.54) is 0 Å². The lowest BCUT2D eigenvalue weighted by atomic mass is 10.2. The zero-order valence-electron chi connectivity index (χ0n) is 12.4. The quantitative estimate of drug-likeness (QED) is 0.719. The number of benzene rings is 1. The van der Waals surface area contributed by atoms with Gasteiger partial charge in [0, 0.05) is 11.6 Å². The van der Waals surface area contributed by atoms with Crippen LogP contribution in [-0.2, 0) is 25.7 Å². The fourth-order valence-corrected chi connectivity index (χ4v) is 3.67. The fraction of sp³-hybridized carbons (Fsp3) is 0.462. The molecular weight excluding hydrogens is 359 g/mol. The van der Waals surface area contributed by atoms with Gasteiger partial charge in [-0.15, -0.1) is 0 Å². The van der Waals surface area contributed by atoms with E-state index >= 15 is 0 Å². The predicted octanol–water partition coefficient (Wildman–Crippen LogP) is 2.93. The Morgan fingerprint density at radius 2 is 1.96 bits per heavy atom. The van der Waals surface area contributed by atoms with Gasteiger partial charge in [0.25, 0.3) is 0 Å². The number of esters is 1. The van der Waals surface area contributed by atoms with Gasteiger partial charge in [0.2, 0.25) is 10.0 Å². The van der Waals surface area contributed by atoms with Gasteiger partial charge < -0.3 is 4.74 Å². The Hall–Kier alpha value is -1.32. The lowest BCUT2D eigenvalue weighted by Gasteiger charge is -2.22. The molecule has 0 aromatic heterocycles. The Morgan fingerprint density at radius 3 is 2.43 bits per heavy atom. The molecule has 0 atom stereocenters. The van der Waals surface area contributed by atoms with E-state index in [0.29, 0.717) is 16.8 Å². The molecule has 1 aromatic rings. The second-order valence-electron chi connectivity index (χ2n) is 4.55. The minimum absolute atomic E-state index is 0.128. The SMILES string of the molecule is CCCN(CC(=O)OC)S(=O)(=O)c1ccc(Cl)cc1C(F)(F)F. The van der Waals surface area contributed by atoms with Crippen molar-refractivity contribution in [2.45, 2.75) is 24.4 Å². The summed E-state index contributed by atoms with van der Waals surface area (Å²) >= 11 is 5.54. The Bertz CT molecular complexity index is 676. The molecule has 10 heteroatoms. The van der Waals surface area contributed by atoms with Gasteiger partial charge in [-0.2, -0.15) is 17.5 Å². The summed E-state index contributed by atoms with van der Waals surface area (Å²) in [6, 6.07) is 2.36. The molecule has 0 aliphatic carbocycles. The smallest absolute Gasteiger partial charge is 0.417 e. The molecule has 5 nitrogen and oxygen atoms in total. The van der Waals surface area contributed by atoms with Gasteiger partial charge in [-0.25, -0.2) is 8.42 Å². The van der Waals surface area contributed by atoms with Crippen molar-refractivity contribution >= 4 is 27.6 Å². The first-order valence-corrected chi connectivity index (χ1v) is 8.29. The van der Waals surface area contributed by atoms with Crippen LogP contribution in [-0.4, -0.2) is 38.9 Å². The van der Waals surface area contributed by atoms with E-state index in [-0.39, 0.29) is 11.6 Å². The summed E-state index contributed by atoms with van der Waals surface area (Å²) in [5, 5.41) is -0.244. The van der Waals surface area contributed by atoms with Crippen molar-refractivity contribution in [1.82, 2.24) is 4.31 Å². The zero-order chi connectivity index (χ0) is 17.8. The molecule has 0 amide bonds. The van der Waals surface area contributed by atoms with Crippen LogP contribution in [0.2, 0.25) is 5.02 Å².